The molecule has 21 heavy (non-hydrogen) atoms. The van der Waals surface area contributed by atoms with Gasteiger partial charge in [0.25, 0.3) is 5.91 Å². The topological polar surface area (TPSA) is 20.3 Å². The van der Waals surface area contributed by atoms with Crippen LogP contribution in [-0.4, -0.2) is 28.7 Å². The van der Waals surface area contributed by atoms with Crippen molar-refractivity contribution in [3.63, 3.8) is 0 Å². The Kier molecular flexibility index (Phi) is 5.86. The predicted molar refractivity (Wildman–Crippen MR) is 92.4 cm³/mol. The van der Waals surface area contributed by atoms with Gasteiger partial charge in [-0.1, -0.05) is 52.9 Å². The molecule has 1 aromatic carbocycles. The van der Waals surface area contributed by atoms with Gasteiger partial charge in [0, 0.05) is 23.5 Å². The third kappa shape index (κ3) is 3.88. The standard InChI is InChI=1S/C18H26BrNO/c1-13-11-14(2)17(15(3)12-13)18(21)20(10-9-19)16-7-5-4-6-8-16/h11-12,16H,4-10H2,1-3H3. The zero-order valence-electron chi connectivity index (χ0n) is 13.4. The fourth-order valence-corrected chi connectivity index (χ4v) is 3.98. The number of rotatable bonds is 4. The highest BCUT2D eigenvalue weighted by Crippen LogP contribution is 2.26. The van der Waals surface area contributed by atoms with E-state index in [1.807, 2.05) is 0 Å². The van der Waals surface area contributed by atoms with E-state index in [0.717, 1.165) is 41.4 Å². The van der Waals surface area contributed by atoms with Crippen LogP contribution in [0, 0.1) is 20.8 Å². The zero-order chi connectivity index (χ0) is 15.4. The normalized spacial score (nSPS) is 16.0. The van der Waals surface area contributed by atoms with Crippen LogP contribution in [0.2, 0.25) is 0 Å². The van der Waals surface area contributed by atoms with Gasteiger partial charge in [-0.2, -0.15) is 0 Å². The Morgan fingerprint density at radius 3 is 2.24 bits per heavy atom. The summed E-state index contributed by atoms with van der Waals surface area (Å²) in [5.41, 5.74) is 4.35. The minimum absolute atomic E-state index is 0.219. The Balaban J connectivity index is 2.29. The van der Waals surface area contributed by atoms with Crippen molar-refractivity contribution in [3.05, 3.63) is 34.4 Å². The minimum atomic E-state index is 0.219. The summed E-state index contributed by atoms with van der Waals surface area (Å²) >= 11 is 3.51. The first-order valence-corrected chi connectivity index (χ1v) is 9.11. The first-order valence-electron chi connectivity index (χ1n) is 7.99. The molecule has 0 radical (unpaired) electrons. The Morgan fingerprint density at radius 2 is 1.71 bits per heavy atom. The molecule has 1 amide bonds. The molecule has 2 nitrogen and oxygen atoms in total. The van der Waals surface area contributed by atoms with Crippen molar-refractivity contribution in [1.82, 2.24) is 4.90 Å². The monoisotopic (exact) mass is 351 g/mol. The molecule has 0 unspecified atom stereocenters. The van der Waals surface area contributed by atoms with Gasteiger partial charge in [0.2, 0.25) is 0 Å². The van der Waals surface area contributed by atoms with Crippen LogP contribution in [-0.2, 0) is 0 Å². The van der Waals surface area contributed by atoms with Gasteiger partial charge in [-0.15, -0.1) is 0 Å². The second kappa shape index (κ2) is 7.44. The molecule has 2 rings (SSSR count). The molecule has 0 bridgehead atoms. The number of hydrogen-bond donors (Lipinski definition) is 0. The lowest BCUT2D eigenvalue weighted by atomic mass is 9.92. The number of benzene rings is 1. The van der Waals surface area contributed by atoms with Gasteiger partial charge in [0.05, 0.1) is 0 Å². The largest absolute Gasteiger partial charge is 0.335 e. The number of amides is 1. The lowest BCUT2D eigenvalue weighted by Crippen LogP contribution is -2.43. The van der Waals surface area contributed by atoms with Crippen molar-refractivity contribution in [2.75, 3.05) is 11.9 Å². The summed E-state index contributed by atoms with van der Waals surface area (Å²) in [5.74, 6) is 0.219. The van der Waals surface area contributed by atoms with E-state index in [1.165, 1.54) is 24.8 Å². The molecule has 1 saturated carbocycles. The molecule has 1 aliphatic rings. The Labute approximate surface area is 137 Å². The summed E-state index contributed by atoms with van der Waals surface area (Å²) in [7, 11) is 0. The summed E-state index contributed by atoms with van der Waals surface area (Å²) in [6, 6.07) is 4.66. The van der Waals surface area contributed by atoms with Crippen LogP contribution >= 0.6 is 15.9 Å². The molecule has 1 aliphatic carbocycles. The van der Waals surface area contributed by atoms with Crippen molar-refractivity contribution in [3.8, 4) is 0 Å². The van der Waals surface area contributed by atoms with E-state index in [1.54, 1.807) is 0 Å². The van der Waals surface area contributed by atoms with Crippen LogP contribution < -0.4 is 0 Å². The van der Waals surface area contributed by atoms with Gasteiger partial charge in [0.15, 0.2) is 0 Å². The zero-order valence-corrected chi connectivity index (χ0v) is 15.0. The highest BCUT2D eigenvalue weighted by molar-refractivity contribution is 9.09. The van der Waals surface area contributed by atoms with Gasteiger partial charge >= 0.3 is 0 Å². The van der Waals surface area contributed by atoms with E-state index in [9.17, 15) is 4.79 Å². The van der Waals surface area contributed by atoms with E-state index in [4.69, 9.17) is 0 Å². The fourth-order valence-electron chi connectivity index (χ4n) is 3.59. The fraction of sp³-hybridized carbons (Fsp3) is 0.611. The average Bonchev–Trinajstić information content (AvgIpc) is 2.44. The molecule has 0 spiro atoms. The Bertz CT molecular complexity index is 483. The summed E-state index contributed by atoms with van der Waals surface area (Å²) in [6.45, 7) is 7.00. The van der Waals surface area contributed by atoms with Crippen molar-refractivity contribution >= 4 is 21.8 Å². The van der Waals surface area contributed by atoms with E-state index in [0.29, 0.717) is 6.04 Å². The maximum Gasteiger partial charge on any atom is 0.254 e. The average molecular weight is 352 g/mol. The van der Waals surface area contributed by atoms with Crippen molar-refractivity contribution < 1.29 is 4.79 Å². The number of carbonyl (C=O) groups is 1. The van der Waals surface area contributed by atoms with E-state index in [-0.39, 0.29) is 5.91 Å². The maximum atomic E-state index is 13.1. The minimum Gasteiger partial charge on any atom is -0.335 e. The molecule has 0 atom stereocenters. The van der Waals surface area contributed by atoms with Crippen LogP contribution in [0.5, 0.6) is 0 Å². The first-order chi connectivity index (χ1) is 10.0. The Hall–Kier alpha value is -0.830. The summed E-state index contributed by atoms with van der Waals surface area (Å²) in [5, 5.41) is 0.846. The second-order valence-corrected chi connectivity index (χ2v) is 7.05. The maximum absolute atomic E-state index is 13.1. The quantitative estimate of drug-likeness (QED) is 0.714. The molecular formula is C18H26BrNO. The Morgan fingerprint density at radius 1 is 1.14 bits per heavy atom. The van der Waals surface area contributed by atoms with Gasteiger partial charge in [-0.25, -0.2) is 0 Å². The number of halogens is 1. The molecule has 0 aromatic heterocycles. The smallest absolute Gasteiger partial charge is 0.254 e. The molecule has 0 heterocycles. The molecule has 116 valence electrons. The number of alkyl halides is 1. The molecule has 0 N–H and O–H groups in total. The molecule has 1 fully saturated rings. The number of hydrogen-bond acceptors (Lipinski definition) is 1. The number of nitrogens with zero attached hydrogens (tertiary/aromatic N) is 1. The lowest BCUT2D eigenvalue weighted by molar-refractivity contribution is 0.0649. The highest BCUT2D eigenvalue weighted by atomic mass is 79.9. The molecule has 0 aliphatic heterocycles. The summed E-state index contributed by atoms with van der Waals surface area (Å²) in [6.07, 6.45) is 6.13. The molecular weight excluding hydrogens is 326 g/mol. The van der Waals surface area contributed by atoms with Crippen LogP contribution in [0.3, 0.4) is 0 Å². The van der Waals surface area contributed by atoms with Gasteiger partial charge in [-0.3, -0.25) is 4.79 Å². The summed E-state index contributed by atoms with van der Waals surface area (Å²) < 4.78 is 0. The summed E-state index contributed by atoms with van der Waals surface area (Å²) in [4.78, 5) is 15.2. The van der Waals surface area contributed by atoms with Crippen LogP contribution in [0.1, 0.15) is 59.2 Å². The van der Waals surface area contributed by atoms with Crippen LogP contribution in [0.4, 0.5) is 0 Å². The van der Waals surface area contributed by atoms with Gasteiger partial charge in [0.1, 0.15) is 0 Å². The van der Waals surface area contributed by atoms with E-state index in [2.05, 4.69) is 53.7 Å². The molecule has 1 aromatic rings. The van der Waals surface area contributed by atoms with E-state index >= 15 is 0 Å². The second-order valence-electron chi connectivity index (χ2n) is 6.25. The number of aryl methyl sites for hydroxylation is 3. The molecule has 0 saturated heterocycles. The van der Waals surface area contributed by atoms with Crippen molar-refractivity contribution in [2.24, 2.45) is 0 Å². The first kappa shape index (κ1) is 16.5. The SMILES string of the molecule is Cc1cc(C)c(C(=O)N(CCBr)C2CCCCC2)c(C)c1. The third-order valence-corrected chi connectivity index (χ3v) is 4.85. The van der Waals surface area contributed by atoms with Gasteiger partial charge in [-0.05, 0) is 44.7 Å². The third-order valence-electron chi connectivity index (χ3n) is 4.49. The van der Waals surface area contributed by atoms with E-state index < -0.39 is 0 Å². The predicted octanol–water partition coefficient (Wildman–Crippen LogP) is 4.78. The van der Waals surface area contributed by atoms with Crippen molar-refractivity contribution in [2.45, 2.75) is 58.9 Å². The molecule has 3 heteroatoms. The van der Waals surface area contributed by atoms with Crippen molar-refractivity contribution in [1.29, 1.82) is 0 Å². The van der Waals surface area contributed by atoms with Gasteiger partial charge < -0.3 is 4.90 Å². The number of carbonyl (C=O) groups excluding carboxylic acids is 1. The van der Waals surface area contributed by atoms with Crippen LogP contribution in [0.15, 0.2) is 12.1 Å². The highest BCUT2D eigenvalue weighted by Gasteiger charge is 2.27. The van der Waals surface area contributed by atoms with Crippen LogP contribution in [0.25, 0.3) is 0 Å². The lowest BCUT2D eigenvalue weighted by Gasteiger charge is -2.35.